The Morgan fingerprint density at radius 3 is 2.65 bits per heavy atom. The van der Waals surface area contributed by atoms with Crippen molar-refractivity contribution < 1.29 is 9.53 Å². The number of nitrogens with one attached hydrogen (secondary N) is 1. The highest BCUT2D eigenvalue weighted by atomic mass is 16.5. The summed E-state index contributed by atoms with van der Waals surface area (Å²) in [4.78, 5) is 14.3. The van der Waals surface area contributed by atoms with E-state index >= 15 is 0 Å². The lowest BCUT2D eigenvalue weighted by molar-refractivity contribution is -0.184. The van der Waals surface area contributed by atoms with E-state index in [1.54, 1.807) is 0 Å². The second-order valence-corrected chi connectivity index (χ2v) is 6.35. The molecule has 1 N–H and O–H groups in total. The number of nitrogens with zero attached hydrogens (tertiary/aromatic N) is 1. The molecule has 20 heavy (non-hydrogen) atoms. The van der Waals surface area contributed by atoms with Crippen LogP contribution in [0.5, 0.6) is 0 Å². The van der Waals surface area contributed by atoms with Gasteiger partial charge in [-0.2, -0.15) is 0 Å². The van der Waals surface area contributed by atoms with Crippen LogP contribution in [0.4, 0.5) is 0 Å². The molecule has 0 heterocycles. The van der Waals surface area contributed by atoms with Crippen molar-refractivity contribution in [1.29, 1.82) is 0 Å². The van der Waals surface area contributed by atoms with E-state index in [0.717, 1.165) is 19.6 Å². The summed E-state index contributed by atoms with van der Waals surface area (Å²) in [5, 5.41) is 3.06. The minimum Gasteiger partial charge on any atom is -0.378 e. The highest BCUT2D eigenvalue weighted by Gasteiger charge is 2.57. The summed E-state index contributed by atoms with van der Waals surface area (Å²) in [5.41, 5.74) is 0.248. The van der Waals surface area contributed by atoms with E-state index in [9.17, 15) is 4.79 Å². The van der Waals surface area contributed by atoms with Crippen molar-refractivity contribution in [2.45, 2.75) is 64.0 Å². The smallest absolute Gasteiger partial charge is 0.223 e. The van der Waals surface area contributed by atoms with Gasteiger partial charge < -0.3 is 15.0 Å². The van der Waals surface area contributed by atoms with Crippen molar-refractivity contribution in [3.05, 3.63) is 0 Å². The molecule has 0 radical (unpaired) electrons. The zero-order chi connectivity index (χ0) is 14.6. The Kier molecular flexibility index (Phi) is 5.44. The number of hydrogen-bond acceptors (Lipinski definition) is 3. The van der Waals surface area contributed by atoms with Crippen LogP contribution in [0.15, 0.2) is 0 Å². The first-order chi connectivity index (χ1) is 9.65. The molecule has 4 nitrogen and oxygen atoms in total. The fourth-order valence-corrected chi connectivity index (χ4v) is 4.15. The molecule has 0 aromatic heterocycles. The molecule has 1 spiro atoms. The average molecular weight is 282 g/mol. The van der Waals surface area contributed by atoms with Gasteiger partial charge in [-0.25, -0.2) is 0 Å². The Balaban J connectivity index is 2.01. The quantitative estimate of drug-likeness (QED) is 0.812. The van der Waals surface area contributed by atoms with Gasteiger partial charge in [0.15, 0.2) is 0 Å². The summed E-state index contributed by atoms with van der Waals surface area (Å²) in [6, 6.07) is 0.392. The third kappa shape index (κ3) is 2.86. The molecule has 1 amide bonds. The SMILES string of the molecule is CCOC1CC(N(C)C(=O)CCNC)C12CCCCC2. The van der Waals surface area contributed by atoms with Gasteiger partial charge in [0.25, 0.3) is 0 Å². The first-order valence-electron chi connectivity index (χ1n) is 8.17. The van der Waals surface area contributed by atoms with Crippen molar-refractivity contribution in [1.82, 2.24) is 10.2 Å². The Hall–Kier alpha value is -0.610. The number of carbonyl (C=O) groups is 1. The van der Waals surface area contributed by atoms with Crippen LogP contribution < -0.4 is 5.32 Å². The van der Waals surface area contributed by atoms with Gasteiger partial charge in [-0.05, 0) is 33.2 Å². The minimum absolute atomic E-state index is 0.248. The fraction of sp³-hybridized carbons (Fsp3) is 0.938. The normalized spacial score (nSPS) is 28.1. The van der Waals surface area contributed by atoms with Crippen LogP contribution in [0.2, 0.25) is 0 Å². The van der Waals surface area contributed by atoms with E-state index < -0.39 is 0 Å². The monoisotopic (exact) mass is 282 g/mol. The third-order valence-corrected chi connectivity index (χ3v) is 5.34. The summed E-state index contributed by atoms with van der Waals surface area (Å²) in [6.45, 7) is 3.62. The van der Waals surface area contributed by atoms with Crippen LogP contribution in [-0.4, -0.2) is 50.2 Å². The Morgan fingerprint density at radius 1 is 1.35 bits per heavy atom. The van der Waals surface area contributed by atoms with Crippen molar-refractivity contribution >= 4 is 5.91 Å². The molecule has 116 valence electrons. The van der Waals surface area contributed by atoms with Gasteiger partial charge in [-0.15, -0.1) is 0 Å². The van der Waals surface area contributed by atoms with E-state index in [2.05, 4.69) is 12.2 Å². The Labute approximate surface area is 123 Å². The predicted octanol–water partition coefficient (Wildman–Crippen LogP) is 2.18. The summed E-state index contributed by atoms with van der Waals surface area (Å²) in [7, 11) is 3.88. The number of carbonyl (C=O) groups excluding carboxylic acids is 1. The molecule has 2 atom stereocenters. The molecule has 0 aliphatic heterocycles. The number of ether oxygens (including phenoxy) is 1. The second-order valence-electron chi connectivity index (χ2n) is 6.35. The van der Waals surface area contributed by atoms with Crippen molar-refractivity contribution in [3.8, 4) is 0 Å². The van der Waals surface area contributed by atoms with Crippen LogP contribution in [0, 0.1) is 5.41 Å². The van der Waals surface area contributed by atoms with Crippen molar-refractivity contribution in [2.24, 2.45) is 5.41 Å². The summed E-state index contributed by atoms with van der Waals surface area (Å²) < 4.78 is 5.96. The van der Waals surface area contributed by atoms with Crippen molar-refractivity contribution in [2.75, 3.05) is 27.2 Å². The number of rotatable bonds is 6. The molecule has 2 saturated carbocycles. The molecular formula is C16H30N2O2. The van der Waals surface area contributed by atoms with E-state index in [1.807, 2.05) is 19.0 Å². The summed E-state index contributed by atoms with van der Waals surface area (Å²) in [6.07, 6.45) is 8.37. The minimum atomic E-state index is 0.248. The van der Waals surface area contributed by atoms with Gasteiger partial charge in [-0.1, -0.05) is 19.3 Å². The van der Waals surface area contributed by atoms with Gasteiger partial charge in [0, 0.05) is 38.1 Å². The standard InChI is InChI=1S/C16H30N2O2/c1-4-20-14-12-13(16(14)9-6-5-7-10-16)18(3)15(19)8-11-17-2/h13-14,17H,4-12H2,1-3H3. The molecule has 0 aromatic carbocycles. The molecule has 0 saturated heterocycles. The third-order valence-electron chi connectivity index (χ3n) is 5.34. The van der Waals surface area contributed by atoms with Crippen molar-refractivity contribution in [3.63, 3.8) is 0 Å². The number of hydrogen-bond donors (Lipinski definition) is 1. The van der Waals surface area contributed by atoms with Crippen LogP contribution >= 0.6 is 0 Å². The average Bonchev–Trinajstić information content (AvgIpc) is 2.48. The van der Waals surface area contributed by atoms with Gasteiger partial charge >= 0.3 is 0 Å². The topological polar surface area (TPSA) is 41.6 Å². The lowest BCUT2D eigenvalue weighted by Crippen LogP contribution is -2.65. The van der Waals surface area contributed by atoms with E-state index in [4.69, 9.17) is 4.74 Å². The maximum absolute atomic E-state index is 12.3. The molecule has 2 aliphatic rings. The van der Waals surface area contributed by atoms with E-state index in [-0.39, 0.29) is 11.3 Å². The van der Waals surface area contributed by atoms with E-state index in [0.29, 0.717) is 18.6 Å². The zero-order valence-electron chi connectivity index (χ0n) is 13.3. The maximum atomic E-state index is 12.3. The second kappa shape index (κ2) is 6.90. The molecule has 2 aliphatic carbocycles. The molecule has 0 bridgehead atoms. The largest absolute Gasteiger partial charge is 0.378 e. The lowest BCUT2D eigenvalue weighted by Gasteiger charge is -2.60. The summed E-state index contributed by atoms with van der Waals surface area (Å²) in [5.74, 6) is 0.268. The summed E-state index contributed by atoms with van der Waals surface area (Å²) >= 11 is 0. The molecule has 4 heteroatoms. The van der Waals surface area contributed by atoms with Crippen LogP contribution in [-0.2, 0) is 9.53 Å². The fourth-order valence-electron chi connectivity index (χ4n) is 4.15. The van der Waals surface area contributed by atoms with Crippen LogP contribution in [0.1, 0.15) is 51.9 Å². The van der Waals surface area contributed by atoms with Crippen LogP contribution in [0.3, 0.4) is 0 Å². The van der Waals surface area contributed by atoms with Gasteiger partial charge in [0.1, 0.15) is 0 Å². The molecule has 2 rings (SSSR count). The van der Waals surface area contributed by atoms with E-state index in [1.165, 1.54) is 32.1 Å². The highest BCUT2D eigenvalue weighted by Crippen LogP contribution is 2.55. The molecule has 2 unspecified atom stereocenters. The number of amides is 1. The zero-order valence-corrected chi connectivity index (χ0v) is 13.3. The lowest BCUT2D eigenvalue weighted by atomic mass is 9.54. The molecule has 2 fully saturated rings. The maximum Gasteiger partial charge on any atom is 0.223 e. The van der Waals surface area contributed by atoms with Crippen LogP contribution in [0.25, 0.3) is 0 Å². The highest BCUT2D eigenvalue weighted by molar-refractivity contribution is 5.76. The Morgan fingerprint density at radius 2 is 2.05 bits per heavy atom. The van der Waals surface area contributed by atoms with Gasteiger partial charge in [0.05, 0.1) is 6.10 Å². The molecular weight excluding hydrogens is 252 g/mol. The Bertz CT molecular complexity index is 326. The van der Waals surface area contributed by atoms with Gasteiger partial charge in [-0.3, -0.25) is 4.79 Å². The predicted molar refractivity (Wildman–Crippen MR) is 80.7 cm³/mol. The van der Waals surface area contributed by atoms with Gasteiger partial charge in [0.2, 0.25) is 5.91 Å². The first kappa shape index (κ1) is 15.8. The first-order valence-corrected chi connectivity index (χ1v) is 8.17. The molecule has 0 aromatic rings.